The number of hydrogen-bond donors (Lipinski definition) is 2. The fraction of sp³-hybridized carbons (Fsp3) is 0.190. The van der Waals surface area contributed by atoms with Crippen LogP contribution < -0.4 is 10.6 Å². The maximum Gasteiger partial charge on any atom is 0.272 e. The minimum absolute atomic E-state index is 0.240. The van der Waals surface area contributed by atoms with Crippen LogP contribution in [-0.4, -0.2) is 16.1 Å². The molecule has 1 aromatic heterocycles. The number of aryl methyl sites for hydroxylation is 3. The summed E-state index contributed by atoms with van der Waals surface area (Å²) in [5.41, 5.74) is 5.87. The van der Waals surface area contributed by atoms with Crippen molar-refractivity contribution in [3.63, 3.8) is 0 Å². The molecule has 5 nitrogen and oxygen atoms in total. The normalized spacial score (nSPS) is 10.4. The molecule has 2 N–H and O–H groups in total. The number of amides is 1. The Hall–Kier alpha value is -3.21. The smallest absolute Gasteiger partial charge is 0.272 e. The Morgan fingerprint density at radius 2 is 1.62 bits per heavy atom. The van der Waals surface area contributed by atoms with E-state index in [2.05, 4.69) is 53.7 Å². The van der Waals surface area contributed by atoms with Crippen molar-refractivity contribution in [1.82, 2.24) is 15.5 Å². The topological polar surface area (TPSA) is 66.9 Å². The van der Waals surface area contributed by atoms with Crippen LogP contribution in [0, 0.1) is 20.8 Å². The fourth-order valence-corrected chi connectivity index (χ4v) is 2.89. The molecule has 0 atom stereocenters. The Kier molecular flexibility index (Phi) is 5.27. The second-order valence-corrected chi connectivity index (χ2v) is 6.37. The number of nitrogens with zero attached hydrogens (tertiary/aromatic N) is 2. The number of aromatic nitrogens is 2. The molecule has 0 spiro atoms. The van der Waals surface area contributed by atoms with Gasteiger partial charge >= 0.3 is 0 Å². The van der Waals surface area contributed by atoms with Gasteiger partial charge < -0.3 is 10.6 Å². The molecule has 0 radical (unpaired) electrons. The van der Waals surface area contributed by atoms with Gasteiger partial charge in [0.15, 0.2) is 11.5 Å². The summed E-state index contributed by atoms with van der Waals surface area (Å²) >= 11 is 0. The van der Waals surface area contributed by atoms with E-state index in [4.69, 9.17) is 0 Å². The molecule has 0 aliphatic rings. The van der Waals surface area contributed by atoms with Crippen molar-refractivity contribution in [3.05, 3.63) is 82.5 Å². The quantitative estimate of drug-likeness (QED) is 0.731. The van der Waals surface area contributed by atoms with E-state index in [0.717, 1.165) is 22.4 Å². The van der Waals surface area contributed by atoms with Crippen molar-refractivity contribution in [3.8, 4) is 0 Å². The van der Waals surface area contributed by atoms with Crippen LogP contribution in [0.2, 0.25) is 0 Å². The number of carbonyl (C=O) groups is 1. The molecule has 0 unspecified atom stereocenters. The molecule has 5 heteroatoms. The lowest BCUT2D eigenvalue weighted by atomic mass is 10.1. The second kappa shape index (κ2) is 7.78. The fourth-order valence-electron chi connectivity index (χ4n) is 2.89. The van der Waals surface area contributed by atoms with Crippen LogP contribution in [0.4, 0.5) is 11.5 Å². The number of anilines is 2. The van der Waals surface area contributed by atoms with Gasteiger partial charge in [0.2, 0.25) is 0 Å². The molecule has 0 fully saturated rings. The van der Waals surface area contributed by atoms with Gasteiger partial charge in [0.05, 0.1) is 0 Å². The molecule has 0 aliphatic heterocycles. The summed E-state index contributed by atoms with van der Waals surface area (Å²) in [5.74, 6) is 0.371. The van der Waals surface area contributed by atoms with E-state index >= 15 is 0 Å². The van der Waals surface area contributed by atoms with Crippen molar-refractivity contribution in [2.75, 3.05) is 5.32 Å². The molecule has 0 bridgehead atoms. The predicted molar refractivity (Wildman–Crippen MR) is 104 cm³/mol. The second-order valence-electron chi connectivity index (χ2n) is 6.37. The molecule has 1 amide bonds. The molecule has 132 valence electrons. The standard InChI is InChI=1S/C21H22N4O/c1-14-11-15(2)20(16(3)12-14)23-19-10-9-18(24-25-19)21(26)22-13-17-7-5-4-6-8-17/h4-12H,13H2,1-3H3,(H,22,26)(H,23,25). The Morgan fingerprint density at radius 1 is 0.923 bits per heavy atom. The highest BCUT2D eigenvalue weighted by atomic mass is 16.1. The molecular weight excluding hydrogens is 324 g/mol. The largest absolute Gasteiger partial charge is 0.347 e. The molecule has 2 aromatic carbocycles. The molecule has 3 rings (SSSR count). The van der Waals surface area contributed by atoms with Gasteiger partial charge in [-0.15, -0.1) is 10.2 Å². The van der Waals surface area contributed by atoms with E-state index in [1.165, 1.54) is 5.56 Å². The lowest BCUT2D eigenvalue weighted by Crippen LogP contribution is -2.24. The van der Waals surface area contributed by atoms with Crippen molar-refractivity contribution >= 4 is 17.4 Å². The number of benzene rings is 2. The van der Waals surface area contributed by atoms with Gasteiger partial charge in [-0.3, -0.25) is 4.79 Å². The Labute approximate surface area is 153 Å². The van der Waals surface area contributed by atoms with Crippen LogP contribution in [-0.2, 0) is 6.54 Å². The van der Waals surface area contributed by atoms with Crippen molar-refractivity contribution in [1.29, 1.82) is 0 Å². The zero-order valence-electron chi connectivity index (χ0n) is 15.2. The first-order valence-electron chi connectivity index (χ1n) is 8.53. The Balaban J connectivity index is 1.66. The van der Waals surface area contributed by atoms with Crippen molar-refractivity contribution < 1.29 is 4.79 Å². The molecule has 0 aliphatic carbocycles. The van der Waals surface area contributed by atoms with Gasteiger partial charge in [0, 0.05) is 12.2 Å². The number of nitrogens with one attached hydrogen (secondary N) is 2. The molecule has 1 heterocycles. The van der Waals surface area contributed by atoms with Gasteiger partial charge in [-0.05, 0) is 49.6 Å². The molecule has 26 heavy (non-hydrogen) atoms. The summed E-state index contributed by atoms with van der Waals surface area (Å²) in [6.45, 7) is 6.65. The third-order valence-electron chi connectivity index (χ3n) is 4.12. The van der Waals surface area contributed by atoms with Crippen LogP contribution in [0.25, 0.3) is 0 Å². The highest BCUT2D eigenvalue weighted by Crippen LogP contribution is 2.24. The summed E-state index contributed by atoms with van der Waals surface area (Å²) in [4.78, 5) is 12.2. The van der Waals surface area contributed by atoms with Gasteiger partial charge in [-0.2, -0.15) is 0 Å². The maximum absolute atomic E-state index is 12.2. The van der Waals surface area contributed by atoms with Gasteiger partial charge in [-0.1, -0.05) is 48.0 Å². The first-order valence-corrected chi connectivity index (χ1v) is 8.53. The van der Waals surface area contributed by atoms with Gasteiger partial charge in [0.25, 0.3) is 5.91 Å². The maximum atomic E-state index is 12.2. The SMILES string of the molecule is Cc1cc(C)c(Nc2ccc(C(=O)NCc3ccccc3)nn2)c(C)c1. The number of hydrogen-bond acceptors (Lipinski definition) is 4. The zero-order valence-corrected chi connectivity index (χ0v) is 15.2. The Morgan fingerprint density at radius 3 is 2.23 bits per heavy atom. The third-order valence-corrected chi connectivity index (χ3v) is 4.12. The summed E-state index contributed by atoms with van der Waals surface area (Å²) < 4.78 is 0. The third kappa shape index (κ3) is 4.25. The average Bonchev–Trinajstić information content (AvgIpc) is 2.64. The lowest BCUT2D eigenvalue weighted by molar-refractivity contribution is 0.0945. The lowest BCUT2D eigenvalue weighted by Gasteiger charge is -2.13. The van der Waals surface area contributed by atoms with E-state index in [-0.39, 0.29) is 5.91 Å². The predicted octanol–water partition coefficient (Wildman–Crippen LogP) is 4.08. The first kappa shape index (κ1) is 17.6. The summed E-state index contributed by atoms with van der Waals surface area (Å²) in [6.07, 6.45) is 0. The van der Waals surface area contributed by atoms with E-state index in [0.29, 0.717) is 18.1 Å². The van der Waals surface area contributed by atoms with Gasteiger partial charge in [0.1, 0.15) is 0 Å². The van der Waals surface area contributed by atoms with E-state index in [9.17, 15) is 4.79 Å². The average molecular weight is 346 g/mol. The molecule has 0 saturated carbocycles. The monoisotopic (exact) mass is 346 g/mol. The van der Waals surface area contributed by atoms with Crippen molar-refractivity contribution in [2.24, 2.45) is 0 Å². The summed E-state index contributed by atoms with van der Waals surface area (Å²) in [7, 11) is 0. The van der Waals surface area contributed by atoms with E-state index < -0.39 is 0 Å². The van der Waals surface area contributed by atoms with Crippen LogP contribution >= 0.6 is 0 Å². The summed E-state index contributed by atoms with van der Waals surface area (Å²) in [5, 5.41) is 14.3. The van der Waals surface area contributed by atoms with Crippen LogP contribution in [0.1, 0.15) is 32.7 Å². The van der Waals surface area contributed by atoms with E-state index in [1.807, 2.05) is 30.3 Å². The first-order chi connectivity index (χ1) is 12.5. The van der Waals surface area contributed by atoms with Crippen LogP contribution in [0.3, 0.4) is 0 Å². The summed E-state index contributed by atoms with van der Waals surface area (Å²) in [6, 6.07) is 17.4. The number of carbonyl (C=O) groups excluding carboxylic acids is 1. The Bertz CT molecular complexity index is 882. The number of rotatable bonds is 5. The highest BCUT2D eigenvalue weighted by Gasteiger charge is 2.09. The molecule has 0 saturated heterocycles. The van der Waals surface area contributed by atoms with Crippen molar-refractivity contribution in [2.45, 2.75) is 27.3 Å². The van der Waals surface area contributed by atoms with Crippen LogP contribution in [0.5, 0.6) is 0 Å². The van der Waals surface area contributed by atoms with Crippen LogP contribution in [0.15, 0.2) is 54.6 Å². The van der Waals surface area contributed by atoms with E-state index in [1.54, 1.807) is 12.1 Å². The van der Waals surface area contributed by atoms with Gasteiger partial charge in [-0.25, -0.2) is 0 Å². The zero-order chi connectivity index (χ0) is 18.5. The minimum Gasteiger partial charge on any atom is -0.347 e. The minimum atomic E-state index is -0.240. The molecular formula is C21H22N4O. The molecule has 3 aromatic rings. The highest BCUT2D eigenvalue weighted by molar-refractivity contribution is 5.92.